The molecule has 1 saturated heterocycles. The molecule has 49 heavy (non-hydrogen) atoms. The molecule has 0 radical (unpaired) electrons. The van der Waals surface area contributed by atoms with Gasteiger partial charge in [0.25, 0.3) is 5.69 Å². The van der Waals surface area contributed by atoms with Crippen LogP contribution in [-0.4, -0.2) is 78.9 Å². The van der Waals surface area contributed by atoms with E-state index >= 15 is 0 Å². The Kier molecular flexibility index (Phi) is 11.0. The van der Waals surface area contributed by atoms with Crippen LogP contribution in [0.15, 0.2) is 85.5 Å². The molecule has 256 valence electrons. The van der Waals surface area contributed by atoms with Gasteiger partial charge in [0.1, 0.15) is 25.9 Å². The van der Waals surface area contributed by atoms with Crippen LogP contribution in [0.1, 0.15) is 36.0 Å². The van der Waals surface area contributed by atoms with Gasteiger partial charge in [0, 0.05) is 24.5 Å². The van der Waals surface area contributed by atoms with E-state index in [-0.39, 0.29) is 44.4 Å². The number of carbonyl (C=O) groups is 4. The Morgan fingerprint density at radius 1 is 0.939 bits per heavy atom. The van der Waals surface area contributed by atoms with E-state index in [1.807, 2.05) is 48.5 Å². The lowest BCUT2D eigenvalue weighted by Crippen LogP contribution is -2.42. The third kappa shape index (κ3) is 7.78. The monoisotopic (exact) mass is 672 g/mol. The largest absolute Gasteiger partial charge is 0.467 e. The molecule has 0 bridgehead atoms. The minimum Gasteiger partial charge on any atom is -0.467 e. The van der Waals surface area contributed by atoms with Gasteiger partial charge in [-0.25, -0.2) is 9.59 Å². The summed E-state index contributed by atoms with van der Waals surface area (Å²) in [6, 6.07) is 20.2. The summed E-state index contributed by atoms with van der Waals surface area (Å²) in [6.07, 6.45) is -1.26. The minimum atomic E-state index is -1.53. The average molecular weight is 673 g/mol. The van der Waals surface area contributed by atoms with E-state index in [1.54, 1.807) is 0 Å². The molecule has 5 rings (SSSR count). The summed E-state index contributed by atoms with van der Waals surface area (Å²) in [5.74, 6) is -4.26. The number of non-ortho nitro benzene ring substituents is 1. The van der Waals surface area contributed by atoms with Crippen LogP contribution in [0.3, 0.4) is 0 Å². The summed E-state index contributed by atoms with van der Waals surface area (Å²) >= 11 is 0. The topological polar surface area (TPSA) is 161 Å². The number of nitrogens with zero attached hydrogens (tertiary/aromatic N) is 2. The molecule has 0 N–H and O–H groups in total. The number of ether oxygens (including phenoxy) is 5. The molecule has 13 nitrogen and oxygen atoms in total. The highest BCUT2D eigenvalue weighted by Gasteiger charge is 2.45. The molecule has 13 heteroatoms. The lowest BCUT2D eigenvalue weighted by atomic mass is 9.98. The third-order valence-electron chi connectivity index (χ3n) is 8.56. The fourth-order valence-corrected chi connectivity index (χ4v) is 6.18. The van der Waals surface area contributed by atoms with Crippen molar-refractivity contribution in [2.75, 3.05) is 26.9 Å². The van der Waals surface area contributed by atoms with E-state index in [4.69, 9.17) is 23.7 Å². The van der Waals surface area contributed by atoms with Crippen molar-refractivity contribution < 1.29 is 47.8 Å². The van der Waals surface area contributed by atoms with Gasteiger partial charge in [-0.2, -0.15) is 0 Å². The van der Waals surface area contributed by atoms with Crippen LogP contribution in [0.5, 0.6) is 0 Å². The Bertz CT molecular complexity index is 1680. The zero-order chi connectivity index (χ0) is 35.1. The van der Waals surface area contributed by atoms with E-state index in [0.29, 0.717) is 5.56 Å². The first-order chi connectivity index (χ1) is 23.6. The van der Waals surface area contributed by atoms with Gasteiger partial charge >= 0.3 is 24.0 Å². The van der Waals surface area contributed by atoms with Crippen molar-refractivity contribution >= 4 is 29.7 Å². The molecule has 0 aromatic heterocycles. The first-order valence-corrected chi connectivity index (χ1v) is 15.6. The molecule has 1 fully saturated rings. The molecular weight excluding hydrogens is 636 g/mol. The van der Waals surface area contributed by atoms with Crippen molar-refractivity contribution in [3.8, 4) is 11.1 Å². The SMILES string of the molecule is C=CCOC(=O)[C@H](C(=O)OCc1ccc([N+](=O)[O-])cc1)[C@H](C)O[C@@H]1C[C@@H](C(=O)OC)N(C(=O)OCC2c3ccccc3-c3ccccc32)C1. The van der Waals surface area contributed by atoms with Gasteiger partial charge in [0.15, 0.2) is 5.92 Å². The standard InChI is InChI=1S/C36H36N2O11/c1-4-17-46-34(40)32(35(41)47-20-23-13-15-24(16-14-23)38(43)44)22(2)49-25-18-31(33(39)45-3)37(19-25)36(42)48-21-30-28-11-7-5-9-26(28)27-10-6-8-12-29(27)30/h4-16,22,25,30-32H,1,17-21H2,2-3H3/t22-,25+,31-,32+/m0/s1. The van der Waals surface area contributed by atoms with Gasteiger partial charge in [0.2, 0.25) is 0 Å². The lowest BCUT2D eigenvalue weighted by Gasteiger charge is -2.25. The molecule has 4 atom stereocenters. The predicted octanol–water partition coefficient (Wildman–Crippen LogP) is 4.95. The quantitative estimate of drug-likeness (QED) is 0.0603. The highest BCUT2D eigenvalue weighted by Crippen LogP contribution is 2.44. The molecule has 3 aromatic carbocycles. The molecule has 1 aliphatic carbocycles. The number of carbonyl (C=O) groups excluding carboxylic acids is 4. The van der Waals surface area contributed by atoms with Crippen LogP contribution in [0.25, 0.3) is 11.1 Å². The van der Waals surface area contributed by atoms with E-state index in [0.717, 1.165) is 22.3 Å². The zero-order valence-corrected chi connectivity index (χ0v) is 27.0. The molecule has 1 heterocycles. The molecule has 1 amide bonds. The molecule has 1 aliphatic heterocycles. The lowest BCUT2D eigenvalue weighted by molar-refractivity contribution is -0.384. The second-order valence-corrected chi connectivity index (χ2v) is 11.6. The normalized spacial score (nSPS) is 17.6. The van der Waals surface area contributed by atoms with Gasteiger partial charge in [-0.05, 0) is 46.9 Å². The summed E-state index contributed by atoms with van der Waals surface area (Å²) in [6.45, 7) is 4.53. The molecule has 3 aromatic rings. The second kappa shape index (κ2) is 15.6. The summed E-state index contributed by atoms with van der Waals surface area (Å²) in [5, 5.41) is 10.9. The molecular formula is C36H36N2O11. The first kappa shape index (κ1) is 34.8. The van der Waals surface area contributed by atoms with Gasteiger partial charge in [-0.15, -0.1) is 0 Å². The van der Waals surface area contributed by atoms with E-state index in [9.17, 15) is 29.3 Å². The van der Waals surface area contributed by atoms with Crippen LogP contribution in [0.4, 0.5) is 10.5 Å². The van der Waals surface area contributed by atoms with Gasteiger partial charge < -0.3 is 23.7 Å². The highest BCUT2D eigenvalue weighted by atomic mass is 16.6. The predicted molar refractivity (Wildman–Crippen MR) is 174 cm³/mol. The van der Waals surface area contributed by atoms with Crippen molar-refractivity contribution in [2.24, 2.45) is 5.92 Å². The number of fused-ring (bicyclic) bond motifs is 3. The summed E-state index contributed by atoms with van der Waals surface area (Å²) in [4.78, 5) is 64.0. The maximum absolute atomic E-state index is 13.5. The Morgan fingerprint density at radius 2 is 1.55 bits per heavy atom. The minimum absolute atomic E-state index is 0.0213. The number of nitro benzene ring substituents is 1. The Morgan fingerprint density at radius 3 is 2.14 bits per heavy atom. The van der Waals surface area contributed by atoms with E-state index in [1.165, 1.54) is 49.3 Å². The number of nitro groups is 1. The number of benzene rings is 3. The summed E-state index contributed by atoms with van der Waals surface area (Å²) in [7, 11) is 1.21. The van der Waals surface area contributed by atoms with E-state index in [2.05, 4.69) is 6.58 Å². The third-order valence-corrected chi connectivity index (χ3v) is 8.56. The first-order valence-electron chi connectivity index (χ1n) is 15.6. The molecule has 0 spiro atoms. The number of hydrogen-bond acceptors (Lipinski definition) is 11. The van der Waals surface area contributed by atoms with Crippen LogP contribution in [0.2, 0.25) is 0 Å². The van der Waals surface area contributed by atoms with Crippen molar-refractivity contribution in [1.82, 2.24) is 4.90 Å². The number of rotatable bonds is 13. The van der Waals surface area contributed by atoms with Gasteiger partial charge in [-0.1, -0.05) is 61.2 Å². The molecule has 2 aliphatic rings. The van der Waals surface area contributed by atoms with Crippen molar-refractivity contribution in [2.45, 2.75) is 44.1 Å². The fraction of sp³-hybridized carbons (Fsp3) is 0.333. The number of amides is 1. The van der Waals surface area contributed by atoms with E-state index < -0.39 is 53.1 Å². The molecule has 0 unspecified atom stereocenters. The van der Waals surface area contributed by atoms with Crippen LogP contribution >= 0.6 is 0 Å². The van der Waals surface area contributed by atoms with Crippen LogP contribution < -0.4 is 0 Å². The Labute approximate surface area is 282 Å². The average Bonchev–Trinajstić information content (AvgIpc) is 3.67. The van der Waals surface area contributed by atoms with Crippen molar-refractivity contribution in [3.05, 3.63) is 112 Å². The smallest absolute Gasteiger partial charge is 0.410 e. The maximum Gasteiger partial charge on any atom is 0.410 e. The Hall–Kier alpha value is -5.56. The maximum atomic E-state index is 13.5. The van der Waals surface area contributed by atoms with Crippen LogP contribution in [0, 0.1) is 16.0 Å². The number of likely N-dealkylation sites (tertiary alicyclic amines) is 1. The van der Waals surface area contributed by atoms with Crippen molar-refractivity contribution in [3.63, 3.8) is 0 Å². The number of hydrogen-bond donors (Lipinski definition) is 0. The van der Waals surface area contributed by atoms with Crippen molar-refractivity contribution in [1.29, 1.82) is 0 Å². The highest BCUT2D eigenvalue weighted by molar-refractivity contribution is 5.95. The molecule has 0 saturated carbocycles. The van der Waals surface area contributed by atoms with Gasteiger partial charge in [0.05, 0.1) is 30.8 Å². The van der Waals surface area contributed by atoms with Crippen LogP contribution in [-0.2, 0) is 44.7 Å². The zero-order valence-electron chi connectivity index (χ0n) is 27.0. The summed E-state index contributed by atoms with van der Waals surface area (Å²) in [5.41, 5.74) is 4.54. The summed E-state index contributed by atoms with van der Waals surface area (Å²) < 4.78 is 27.4. The van der Waals surface area contributed by atoms with Gasteiger partial charge in [-0.3, -0.25) is 24.6 Å². The second-order valence-electron chi connectivity index (χ2n) is 11.6. The number of esters is 3. The number of methoxy groups -OCH3 is 1. The fourth-order valence-electron chi connectivity index (χ4n) is 6.18. The Balaban J connectivity index is 1.25.